The molecule has 8 heteroatoms. The summed E-state index contributed by atoms with van der Waals surface area (Å²) in [5.74, 6) is -0.853. The van der Waals surface area contributed by atoms with Crippen molar-refractivity contribution in [2.24, 2.45) is 0 Å². The lowest BCUT2D eigenvalue weighted by molar-refractivity contribution is -0.895. The van der Waals surface area contributed by atoms with Gasteiger partial charge in [-0.2, -0.15) is 0 Å². The Hall–Kier alpha value is -1.12. The fourth-order valence-corrected chi connectivity index (χ4v) is 2.71. The fraction of sp³-hybridized carbons (Fsp3) is 0.727. The summed E-state index contributed by atoms with van der Waals surface area (Å²) < 4.78 is 15.7. The first-order valence-corrected chi connectivity index (χ1v) is 6.52. The van der Waals surface area contributed by atoms with E-state index in [2.05, 4.69) is 12.4 Å². The second kappa shape index (κ2) is 4.47. The molecule has 0 aliphatic carbocycles. The molecule has 1 spiro atoms. The maximum absolute atomic E-state index is 12.4. The number of quaternary nitrogens is 1. The van der Waals surface area contributed by atoms with E-state index in [4.69, 9.17) is 14.0 Å². The summed E-state index contributed by atoms with van der Waals surface area (Å²) in [6.07, 6.45) is 1.40. The molecule has 19 heavy (non-hydrogen) atoms. The molecular formula is C11H17BN2O5. The van der Waals surface area contributed by atoms with Crippen LogP contribution in [0.1, 0.15) is 19.8 Å². The van der Waals surface area contributed by atoms with Crippen LogP contribution in [0.4, 0.5) is 0 Å². The van der Waals surface area contributed by atoms with E-state index in [1.165, 1.54) is 0 Å². The van der Waals surface area contributed by atoms with Crippen LogP contribution in [0.3, 0.4) is 0 Å². The number of nitrogens with one attached hydrogen (secondary N) is 2. The molecule has 0 amide bonds. The molecule has 3 unspecified atom stereocenters. The highest BCUT2D eigenvalue weighted by atomic mass is 16.7. The molecule has 3 saturated heterocycles. The van der Waals surface area contributed by atoms with Gasteiger partial charge in [0, 0.05) is 13.0 Å². The summed E-state index contributed by atoms with van der Waals surface area (Å²) in [4.78, 5) is 24.7. The van der Waals surface area contributed by atoms with Crippen LogP contribution < -0.4 is 10.2 Å². The van der Waals surface area contributed by atoms with Crippen molar-refractivity contribution in [1.82, 2.24) is 5.32 Å². The molecule has 3 fully saturated rings. The summed E-state index contributed by atoms with van der Waals surface area (Å²) >= 11 is 0. The summed E-state index contributed by atoms with van der Waals surface area (Å²) in [6, 6.07) is -0.349. The van der Waals surface area contributed by atoms with Gasteiger partial charge in [-0.1, -0.05) is 0 Å². The van der Waals surface area contributed by atoms with Gasteiger partial charge in [0.1, 0.15) is 6.00 Å². The minimum atomic E-state index is -0.942. The Balaban J connectivity index is 1.82. The van der Waals surface area contributed by atoms with Gasteiger partial charge in [-0.15, -0.1) is 7.05 Å². The molecule has 0 saturated carbocycles. The molecule has 2 N–H and O–H groups in total. The van der Waals surface area contributed by atoms with Crippen molar-refractivity contribution < 1.29 is 28.5 Å². The van der Waals surface area contributed by atoms with E-state index in [1.54, 1.807) is 0 Å². The Morgan fingerprint density at radius 2 is 2.21 bits per heavy atom. The minimum absolute atomic E-state index is 0.0275. The third-order valence-electron chi connectivity index (χ3n) is 3.96. The first-order valence-electron chi connectivity index (χ1n) is 6.52. The van der Waals surface area contributed by atoms with Crippen LogP contribution in [-0.2, 0) is 23.6 Å². The highest BCUT2D eigenvalue weighted by Gasteiger charge is 2.58. The van der Waals surface area contributed by atoms with Gasteiger partial charge in [-0.3, -0.25) is 5.32 Å². The highest BCUT2D eigenvalue weighted by molar-refractivity contribution is 6.51. The molecule has 3 heterocycles. The molecule has 3 rings (SSSR count). The third-order valence-corrected chi connectivity index (χ3v) is 3.96. The van der Waals surface area contributed by atoms with Gasteiger partial charge in [0.15, 0.2) is 6.54 Å². The molecule has 4 atom stereocenters. The molecule has 0 aromatic rings. The van der Waals surface area contributed by atoms with E-state index in [0.717, 1.165) is 6.42 Å². The van der Waals surface area contributed by atoms with Crippen molar-refractivity contribution in [3.8, 4) is 0 Å². The summed E-state index contributed by atoms with van der Waals surface area (Å²) in [7, 11) is 2.91. The molecule has 3 aliphatic rings. The van der Waals surface area contributed by atoms with Gasteiger partial charge < -0.3 is 18.9 Å². The number of carbonyl (C=O) groups excluding carboxylic acids is 2. The van der Waals surface area contributed by atoms with E-state index in [1.807, 2.05) is 6.92 Å². The van der Waals surface area contributed by atoms with E-state index < -0.39 is 24.7 Å². The zero-order valence-electron chi connectivity index (χ0n) is 10.8. The Kier molecular flexibility index (Phi) is 3.03. The van der Waals surface area contributed by atoms with E-state index in [-0.39, 0.29) is 18.7 Å². The number of hydrogen-bond acceptors (Lipinski definition) is 6. The van der Waals surface area contributed by atoms with Crippen LogP contribution in [0.5, 0.6) is 0 Å². The van der Waals surface area contributed by atoms with Crippen molar-refractivity contribution in [3.05, 3.63) is 7.05 Å². The Bertz CT molecular complexity index is 412. The predicted molar refractivity (Wildman–Crippen MR) is 63.4 cm³/mol. The Morgan fingerprint density at radius 3 is 2.79 bits per heavy atom. The van der Waals surface area contributed by atoms with Crippen molar-refractivity contribution in [3.63, 3.8) is 0 Å². The number of carbonyl (C=O) groups is 2. The first kappa shape index (κ1) is 12.9. The largest absolute Gasteiger partial charge is 0.632 e. The lowest BCUT2D eigenvalue weighted by Crippen LogP contribution is -3.20. The zero-order chi connectivity index (χ0) is 13.6. The maximum Gasteiger partial charge on any atom is 0.632 e. The molecule has 0 aromatic carbocycles. The molecular weight excluding hydrogens is 251 g/mol. The van der Waals surface area contributed by atoms with Crippen LogP contribution in [0.25, 0.3) is 0 Å². The summed E-state index contributed by atoms with van der Waals surface area (Å²) in [5.41, 5.74) is -0.935. The van der Waals surface area contributed by atoms with Crippen LogP contribution in [0.15, 0.2) is 0 Å². The molecule has 0 aromatic heterocycles. The normalized spacial score (nSPS) is 42.6. The molecule has 104 valence electrons. The standard InChI is InChI=1S/C11H17BN2O5/c1-7-9(17-7)12-18-8(15)6-14(2)11(10(16)19-12)4-3-5-13-11/h7,9,13-14H,2-6H2,1H3/t7?,9?,11-/m1/s1. The third kappa shape index (κ3) is 2.13. The first-order chi connectivity index (χ1) is 9.03. The molecule has 0 bridgehead atoms. The van der Waals surface area contributed by atoms with Gasteiger partial charge in [-0.05, 0) is 13.3 Å². The quantitative estimate of drug-likeness (QED) is 0.315. The highest BCUT2D eigenvalue weighted by Crippen LogP contribution is 2.27. The molecule has 7 nitrogen and oxygen atoms in total. The van der Waals surface area contributed by atoms with Crippen molar-refractivity contribution in [1.29, 1.82) is 0 Å². The number of hydrogen-bond donors (Lipinski definition) is 2. The SMILES string of the molecule is [CH2-][NH+]1CC(=O)OB(C2OC2C)OC(=O)[C@@]12CCCN2. The second-order valence-electron chi connectivity index (χ2n) is 5.29. The minimum Gasteiger partial charge on any atom is -0.493 e. The van der Waals surface area contributed by atoms with Gasteiger partial charge in [0.05, 0.1) is 6.10 Å². The smallest absolute Gasteiger partial charge is 0.493 e. The average Bonchev–Trinajstić information content (AvgIpc) is 2.90. The van der Waals surface area contributed by atoms with Crippen LogP contribution in [0, 0.1) is 7.05 Å². The van der Waals surface area contributed by atoms with E-state index in [0.29, 0.717) is 17.9 Å². The van der Waals surface area contributed by atoms with Crippen molar-refractivity contribution in [2.45, 2.75) is 37.5 Å². The van der Waals surface area contributed by atoms with Crippen LogP contribution in [0.2, 0.25) is 0 Å². The lowest BCUT2D eigenvalue weighted by atomic mass is 9.81. The topological polar surface area (TPSA) is 81.6 Å². The zero-order valence-corrected chi connectivity index (χ0v) is 10.8. The number of epoxide rings is 1. The van der Waals surface area contributed by atoms with Crippen molar-refractivity contribution in [2.75, 3.05) is 13.1 Å². The van der Waals surface area contributed by atoms with Gasteiger partial charge in [0.2, 0.25) is 5.66 Å². The van der Waals surface area contributed by atoms with Gasteiger partial charge >= 0.3 is 19.1 Å². The lowest BCUT2D eigenvalue weighted by Gasteiger charge is -2.39. The van der Waals surface area contributed by atoms with Crippen LogP contribution in [-0.4, -0.2) is 49.9 Å². The maximum atomic E-state index is 12.4. The van der Waals surface area contributed by atoms with Crippen LogP contribution >= 0.6 is 0 Å². The fourth-order valence-electron chi connectivity index (χ4n) is 2.71. The summed E-state index contributed by atoms with van der Waals surface area (Å²) in [6.45, 7) is 2.58. The molecule has 0 radical (unpaired) electrons. The van der Waals surface area contributed by atoms with E-state index >= 15 is 0 Å². The number of rotatable bonds is 1. The van der Waals surface area contributed by atoms with Crippen molar-refractivity contribution >= 4 is 19.1 Å². The summed E-state index contributed by atoms with van der Waals surface area (Å²) in [5, 5.41) is 3.13. The molecule has 3 aliphatic heterocycles. The second-order valence-corrected chi connectivity index (χ2v) is 5.29. The van der Waals surface area contributed by atoms with E-state index in [9.17, 15) is 9.59 Å². The Morgan fingerprint density at radius 1 is 1.47 bits per heavy atom. The average molecular weight is 268 g/mol. The Labute approximate surface area is 111 Å². The van der Waals surface area contributed by atoms with Gasteiger partial charge in [-0.25, -0.2) is 9.59 Å². The monoisotopic (exact) mass is 268 g/mol. The predicted octanol–water partition coefficient (Wildman–Crippen LogP) is -2.34. The number of ether oxygens (including phenoxy) is 1. The van der Waals surface area contributed by atoms with Gasteiger partial charge in [0.25, 0.3) is 0 Å².